The van der Waals surface area contributed by atoms with Crippen molar-refractivity contribution < 1.29 is 4.79 Å². The lowest BCUT2D eigenvalue weighted by molar-refractivity contribution is 0.0937. The molecule has 0 saturated carbocycles. The molecule has 0 bridgehead atoms. The van der Waals surface area contributed by atoms with Crippen LogP contribution in [0.1, 0.15) is 42.5 Å². The topological polar surface area (TPSA) is 77.1 Å². The fourth-order valence-electron chi connectivity index (χ4n) is 3.21. The summed E-state index contributed by atoms with van der Waals surface area (Å²) in [6.45, 7) is 4.77. The highest BCUT2D eigenvalue weighted by atomic mass is 16.1. The third-order valence-electron chi connectivity index (χ3n) is 4.60. The van der Waals surface area contributed by atoms with Gasteiger partial charge < -0.3 is 9.72 Å². The molecule has 0 saturated heterocycles. The Morgan fingerprint density at radius 3 is 2.75 bits per heavy atom. The van der Waals surface area contributed by atoms with Crippen molar-refractivity contribution in [1.82, 2.24) is 29.5 Å². The number of rotatable bonds is 6. The summed E-state index contributed by atoms with van der Waals surface area (Å²) >= 11 is 0. The maximum absolute atomic E-state index is 12.7. The van der Waals surface area contributed by atoms with E-state index in [9.17, 15) is 4.79 Å². The Hall–Kier alpha value is -3.48. The molecule has 0 radical (unpaired) electrons. The van der Waals surface area contributed by atoms with Crippen molar-refractivity contribution in [3.8, 4) is 11.3 Å². The van der Waals surface area contributed by atoms with Crippen LogP contribution in [0.3, 0.4) is 0 Å². The Labute approximate surface area is 163 Å². The van der Waals surface area contributed by atoms with Crippen LogP contribution in [0.4, 0.5) is 0 Å². The first kappa shape index (κ1) is 17.9. The highest BCUT2D eigenvalue weighted by Crippen LogP contribution is 2.19. The lowest BCUT2D eigenvalue weighted by Gasteiger charge is -2.14. The molecule has 4 aromatic rings. The lowest BCUT2D eigenvalue weighted by atomic mass is 10.2. The number of carbonyl (C=O) groups excluding carboxylic acids is 1. The number of nitrogens with one attached hydrogen (secondary N) is 1. The van der Waals surface area contributed by atoms with Crippen molar-refractivity contribution in [3.05, 3.63) is 72.6 Å². The zero-order valence-corrected chi connectivity index (χ0v) is 15.9. The molecule has 0 unspecified atom stereocenters. The van der Waals surface area contributed by atoms with Gasteiger partial charge in [-0.15, -0.1) is 0 Å². The number of hydrogen-bond donors (Lipinski definition) is 1. The number of fused-ring (bicyclic) bond motifs is 1. The number of hydrogen-bond acceptors (Lipinski definition) is 4. The summed E-state index contributed by atoms with van der Waals surface area (Å²) in [5.74, 6) is 0.598. The van der Waals surface area contributed by atoms with E-state index in [1.165, 1.54) is 6.33 Å². The number of imidazole rings is 1. The number of aromatic nitrogens is 5. The Morgan fingerprint density at radius 2 is 1.96 bits per heavy atom. The molecule has 7 nitrogen and oxygen atoms in total. The molecule has 1 N–H and O–H groups in total. The SMILES string of the molecule is CCCn1ncnc1[C@H](C)NC(=O)c1ccc2nc(-c3ccccc3)cn2c1. The molecule has 142 valence electrons. The number of pyridine rings is 1. The van der Waals surface area contributed by atoms with Crippen LogP contribution in [-0.4, -0.2) is 30.1 Å². The van der Waals surface area contributed by atoms with Gasteiger partial charge in [0, 0.05) is 24.5 Å². The van der Waals surface area contributed by atoms with Gasteiger partial charge in [0.05, 0.1) is 17.3 Å². The summed E-state index contributed by atoms with van der Waals surface area (Å²) < 4.78 is 3.71. The summed E-state index contributed by atoms with van der Waals surface area (Å²) in [4.78, 5) is 21.7. The van der Waals surface area contributed by atoms with Crippen LogP contribution in [0.2, 0.25) is 0 Å². The quantitative estimate of drug-likeness (QED) is 0.560. The molecule has 1 amide bonds. The van der Waals surface area contributed by atoms with Crippen LogP contribution >= 0.6 is 0 Å². The molecular formula is C21H22N6O. The molecule has 0 aliphatic carbocycles. The number of amides is 1. The van der Waals surface area contributed by atoms with Gasteiger partial charge in [0.1, 0.15) is 17.8 Å². The van der Waals surface area contributed by atoms with E-state index in [1.807, 2.05) is 58.6 Å². The average Bonchev–Trinajstić information content (AvgIpc) is 3.35. The fourth-order valence-corrected chi connectivity index (χ4v) is 3.21. The molecular weight excluding hydrogens is 352 g/mol. The molecule has 1 atom stereocenters. The van der Waals surface area contributed by atoms with E-state index in [4.69, 9.17) is 0 Å². The predicted octanol–water partition coefficient (Wildman–Crippen LogP) is 3.49. The molecule has 3 aromatic heterocycles. The normalized spacial score (nSPS) is 12.2. The Morgan fingerprint density at radius 1 is 1.14 bits per heavy atom. The van der Waals surface area contributed by atoms with Gasteiger partial charge in [-0.05, 0) is 25.5 Å². The standard InChI is InChI=1S/C21H22N6O/c1-3-11-27-20(22-14-23-27)15(2)24-21(28)17-9-10-19-25-18(13-26(19)12-17)16-7-5-4-6-8-16/h4-10,12-15H,3,11H2,1-2H3,(H,24,28)/t15-/m0/s1. The van der Waals surface area contributed by atoms with E-state index in [1.54, 1.807) is 12.3 Å². The first-order valence-corrected chi connectivity index (χ1v) is 9.38. The second-order valence-electron chi connectivity index (χ2n) is 6.71. The van der Waals surface area contributed by atoms with Gasteiger partial charge in [0.15, 0.2) is 0 Å². The summed E-state index contributed by atoms with van der Waals surface area (Å²) in [7, 11) is 0. The maximum Gasteiger partial charge on any atom is 0.253 e. The summed E-state index contributed by atoms with van der Waals surface area (Å²) in [6, 6.07) is 13.4. The molecule has 0 aliphatic rings. The number of benzene rings is 1. The smallest absolute Gasteiger partial charge is 0.253 e. The van der Waals surface area contributed by atoms with E-state index in [-0.39, 0.29) is 11.9 Å². The number of nitrogens with zero attached hydrogens (tertiary/aromatic N) is 5. The van der Waals surface area contributed by atoms with E-state index in [0.717, 1.165) is 35.7 Å². The lowest BCUT2D eigenvalue weighted by Crippen LogP contribution is -2.29. The van der Waals surface area contributed by atoms with Crippen LogP contribution in [0, 0.1) is 0 Å². The van der Waals surface area contributed by atoms with Gasteiger partial charge >= 0.3 is 0 Å². The van der Waals surface area contributed by atoms with E-state index in [2.05, 4.69) is 27.3 Å². The molecule has 0 aliphatic heterocycles. The van der Waals surface area contributed by atoms with Gasteiger partial charge in [-0.3, -0.25) is 4.79 Å². The minimum Gasteiger partial charge on any atom is -0.342 e. The monoisotopic (exact) mass is 374 g/mol. The Balaban J connectivity index is 1.55. The molecule has 4 rings (SSSR count). The number of carbonyl (C=O) groups is 1. The van der Waals surface area contributed by atoms with Crippen molar-refractivity contribution in [1.29, 1.82) is 0 Å². The third-order valence-corrected chi connectivity index (χ3v) is 4.60. The fraction of sp³-hybridized carbons (Fsp3) is 0.238. The first-order valence-electron chi connectivity index (χ1n) is 9.38. The molecule has 28 heavy (non-hydrogen) atoms. The van der Waals surface area contributed by atoms with Gasteiger partial charge in [-0.25, -0.2) is 14.6 Å². The summed E-state index contributed by atoms with van der Waals surface area (Å²) in [5, 5.41) is 7.23. The minimum absolute atomic E-state index is 0.157. The van der Waals surface area contributed by atoms with Crippen LogP contribution in [0.25, 0.3) is 16.9 Å². The van der Waals surface area contributed by atoms with E-state index >= 15 is 0 Å². The van der Waals surface area contributed by atoms with Crippen LogP contribution in [0.5, 0.6) is 0 Å². The number of aryl methyl sites for hydroxylation is 1. The Bertz CT molecular complexity index is 1100. The molecule has 3 heterocycles. The van der Waals surface area contributed by atoms with Crippen LogP contribution in [-0.2, 0) is 6.54 Å². The predicted molar refractivity (Wildman–Crippen MR) is 107 cm³/mol. The van der Waals surface area contributed by atoms with Crippen molar-refractivity contribution >= 4 is 11.6 Å². The third kappa shape index (κ3) is 3.51. The van der Waals surface area contributed by atoms with Gasteiger partial charge in [-0.2, -0.15) is 5.10 Å². The zero-order valence-electron chi connectivity index (χ0n) is 15.9. The summed E-state index contributed by atoms with van der Waals surface area (Å²) in [6.07, 6.45) is 6.21. The van der Waals surface area contributed by atoms with Crippen LogP contribution in [0.15, 0.2) is 61.2 Å². The highest BCUT2D eigenvalue weighted by Gasteiger charge is 2.17. The Kier molecular flexibility index (Phi) is 4.89. The first-order chi connectivity index (χ1) is 13.7. The molecule has 7 heteroatoms. The van der Waals surface area contributed by atoms with Crippen molar-refractivity contribution in [3.63, 3.8) is 0 Å². The second kappa shape index (κ2) is 7.64. The molecule has 0 spiro atoms. The largest absolute Gasteiger partial charge is 0.342 e. The van der Waals surface area contributed by atoms with Gasteiger partial charge in [0.25, 0.3) is 5.91 Å². The van der Waals surface area contributed by atoms with Crippen molar-refractivity contribution in [2.24, 2.45) is 0 Å². The van der Waals surface area contributed by atoms with E-state index in [0.29, 0.717) is 5.56 Å². The maximum atomic E-state index is 12.7. The summed E-state index contributed by atoms with van der Waals surface area (Å²) in [5.41, 5.74) is 3.28. The van der Waals surface area contributed by atoms with Gasteiger partial charge in [0.2, 0.25) is 0 Å². The van der Waals surface area contributed by atoms with Gasteiger partial charge in [-0.1, -0.05) is 37.3 Å². The van der Waals surface area contributed by atoms with Crippen LogP contribution < -0.4 is 5.32 Å². The zero-order chi connectivity index (χ0) is 19.5. The average molecular weight is 374 g/mol. The minimum atomic E-state index is -0.236. The molecule has 0 fully saturated rings. The molecule has 1 aromatic carbocycles. The van der Waals surface area contributed by atoms with Crippen molar-refractivity contribution in [2.45, 2.75) is 32.9 Å². The van der Waals surface area contributed by atoms with Crippen molar-refractivity contribution in [2.75, 3.05) is 0 Å². The second-order valence-corrected chi connectivity index (χ2v) is 6.71. The van der Waals surface area contributed by atoms with E-state index < -0.39 is 0 Å². The highest BCUT2D eigenvalue weighted by molar-refractivity contribution is 5.94.